The Morgan fingerprint density at radius 3 is 2.29 bits per heavy atom. The van der Waals surface area contributed by atoms with E-state index in [0.29, 0.717) is 17.8 Å². The number of hydrogen-bond acceptors (Lipinski definition) is 3. The van der Waals surface area contributed by atoms with Gasteiger partial charge in [0.15, 0.2) is 0 Å². The Hall–Kier alpha value is -1.88. The third kappa shape index (κ3) is 4.56. The van der Waals surface area contributed by atoms with Crippen LogP contribution in [0.3, 0.4) is 0 Å². The van der Waals surface area contributed by atoms with Crippen LogP contribution in [0.4, 0.5) is 8.78 Å². The molecule has 0 aliphatic heterocycles. The van der Waals surface area contributed by atoms with E-state index < -0.39 is 11.6 Å². The van der Waals surface area contributed by atoms with E-state index in [4.69, 9.17) is 0 Å². The summed E-state index contributed by atoms with van der Waals surface area (Å²) in [5.41, 5.74) is 1.56. The first-order valence-electron chi connectivity index (χ1n) is 7.05. The average Bonchev–Trinajstić information content (AvgIpc) is 2.43. The second kappa shape index (κ2) is 7.22. The van der Waals surface area contributed by atoms with Crippen molar-refractivity contribution in [1.29, 1.82) is 0 Å². The highest BCUT2D eigenvalue weighted by atomic mass is 19.1. The van der Waals surface area contributed by atoms with Crippen LogP contribution in [0.15, 0.2) is 30.6 Å². The number of nitrogens with zero attached hydrogens (tertiary/aromatic N) is 2. The molecule has 0 spiro atoms. The summed E-state index contributed by atoms with van der Waals surface area (Å²) in [6.45, 7) is 4.77. The highest BCUT2D eigenvalue weighted by Gasteiger charge is 2.15. The summed E-state index contributed by atoms with van der Waals surface area (Å²) in [5.74, 6) is -0.494. The Balaban J connectivity index is 2.21. The third-order valence-corrected chi connectivity index (χ3v) is 3.12. The van der Waals surface area contributed by atoms with E-state index in [2.05, 4.69) is 22.2 Å². The van der Waals surface area contributed by atoms with Crippen molar-refractivity contribution in [2.45, 2.75) is 32.7 Å². The molecule has 112 valence electrons. The molecule has 1 unspecified atom stereocenters. The monoisotopic (exact) mass is 291 g/mol. The van der Waals surface area contributed by atoms with Gasteiger partial charge in [-0.1, -0.05) is 6.92 Å². The molecule has 0 amide bonds. The first-order valence-corrected chi connectivity index (χ1v) is 7.05. The van der Waals surface area contributed by atoms with E-state index >= 15 is 0 Å². The Bertz CT molecular complexity index is 564. The molecular formula is C16H19F2N3. The maximum absolute atomic E-state index is 13.3. The molecule has 0 aliphatic carbocycles. The van der Waals surface area contributed by atoms with Crippen molar-refractivity contribution in [1.82, 2.24) is 15.3 Å². The normalized spacial score (nSPS) is 12.4. The third-order valence-electron chi connectivity index (χ3n) is 3.12. The van der Waals surface area contributed by atoms with Crippen LogP contribution < -0.4 is 5.32 Å². The predicted octanol–water partition coefficient (Wildman–Crippen LogP) is 3.35. The van der Waals surface area contributed by atoms with Gasteiger partial charge in [-0.3, -0.25) is 0 Å². The first kappa shape index (κ1) is 15.5. The molecule has 1 aromatic heterocycles. The molecular weight excluding hydrogens is 272 g/mol. The lowest BCUT2D eigenvalue weighted by atomic mass is 10.0. The van der Waals surface area contributed by atoms with Gasteiger partial charge in [-0.15, -0.1) is 0 Å². The molecule has 0 bridgehead atoms. The van der Waals surface area contributed by atoms with Crippen molar-refractivity contribution in [2.24, 2.45) is 0 Å². The number of rotatable bonds is 6. The van der Waals surface area contributed by atoms with Crippen LogP contribution in [0.2, 0.25) is 0 Å². The van der Waals surface area contributed by atoms with Gasteiger partial charge in [-0.2, -0.15) is 0 Å². The van der Waals surface area contributed by atoms with Gasteiger partial charge in [0.25, 0.3) is 0 Å². The van der Waals surface area contributed by atoms with Crippen molar-refractivity contribution < 1.29 is 8.78 Å². The lowest BCUT2D eigenvalue weighted by molar-refractivity contribution is 0.499. The number of benzene rings is 1. The summed E-state index contributed by atoms with van der Waals surface area (Å²) < 4.78 is 26.6. The molecule has 0 radical (unpaired) electrons. The van der Waals surface area contributed by atoms with Crippen LogP contribution in [-0.4, -0.2) is 16.5 Å². The fourth-order valence-corrected chi connectivity index (χ4v) is 2.12. The lowest BCUT2D eigenvalue weighted by Gasteiger charge is -2.17. The van der Waals surface area contributed by atoms with Crippen molar-refractivity contribution >= 4 is 0 Å². The molecule has 2 rings (SSSR count). The summed E-state index contributed by atoms with van der Waals surface area (Å²) in [6.07, 6.45) is 4.89. The average molecular weight is 291 g/mol. The number of aromatic nitrogens is 2. The highest BCUT2D eigenvalue weighted by molar-refractivity contribution is 5.20. The van der Waals surface area contributed by atoms with Crippen molar-refractivity contribution in [3.63, 3.8) is 0 Å². The van der Waals surface area contributed by atoms with Crippen LogP contribution >= 0.6 is 0 Å². The van der Waals surface area contributed by atoms with Crippen LogP contribution in [0, 0.1) is 18.6 Å². The van der Waals surface area contributed by atoms with Gasteiger partial charge in [0.1, 0.15) is 17.5 Å². The van der Waals surface area contributed by atoms with Gasteiger partial charge >= 0.3 is 0 Å². The van der Waals surface area contributed by atoms with Crippen LogP contribution in [-0.2, 0) is 6.42 Å². The van der Waals surface area contributed by atoms with Gasteiger partial charge < -0.3 is 5.32 Å². The fraction of sp³-hybridized carbons (Fsp3) is 0.375. The maximum atomic E-state index is 13.3. The summed E-state index contributed by atoms with van der Waals surface area (Å²) in [6, 6.07) is 3.41. The molecule has 0 saturated carbocycles. The molecule has 5 heteroatoms. The number of halogens is 2. The van der Waals surface area contributed by atoms with E-state index in [1.165, 1.54) is 12.1 Å². The molecule has 0 fully saturated rings. The van der Waals surface area contributed by atoms with Gasteiger partial charge in [0.2, 0.25) is 0 Å². The van der Waals surface area contributed by atoms with Gasteiger partial charge in [-0.05, 0) is 49.6 Å². The molecule has 1 heterocycles. The fourth-order valence-electron chi connectivity index (χ4n) is 2.12. The summed E-state index contributed by atoms with van der Waals surface area (Å²) in [5, 5.41) is 3.32. The molecule has 0 aliphatic rings. The Morgan fingerprint density at radius 2 is 1.71 bits per heavy atom. The smallest absolute Gasteiger partial charge is 0.145 e. The molecule has 1 N–H and O–H groups in total. The second-order valence-corrected chi connectivity index (χ2v) is 5.11. The summed E-state index contributed by atoms with van der Waals surface area (Å²) >= 11 is 0. The SMILES string of the molecule is CCCNC(Cc1cc(F)cc(F)c1)c1ncc(C)cn1. The van der Waals surface area contributed by atoms with E-state index in [0.717, 1.165) is 24.6 Å². The molecule has 2 aromatic rings. The first-order chi connectivity index (χ1) is 10.1. The summed E-state index contributed by atoms with van der Waals surface area (Å²) in [4.78, 5) is 8.62. The Kier molecular flexibility index (Phi) is 5.33. The van der Waals surface area contributed by atoms with E-state index in [9.17, 15) is 8.78 Å². The molecule has 3 nitrogen and oxygen atoms in total. The number of hydrogen-bond donors (Lipinski definition) is 1. The van der Waals surface area contributed by atoms with Gasteiger partial charge in [0.05, 0.1) is 6.04 Å². The van der Waals surface area contributed by atoms with Crippen LogP contribution in [0.25, 0.3) is 0 Å². The molecule has 1 atom stereocenters. The Morgan fingerprint density at radius 1 is 1.10 bits per heavy atom. The zero-order valence-electron chi connectivity index (χ0n) is 12.2. The number of aryl methyl sites for hydroxylation is 1. The van der Waals surface area contributed by atoms with E-state index in [-0.39, 0.29) is 6.04 Å². The maximum Gasteiger partial charge on any atom is 0.145 e. The molecule has 1 aromatic carbocycles. The highest BCUT2D eigenvalue weighted by Crippen LogP contribution is 2.17. The minimum Gasteiger partial charge on any atom is -0.307 e. The van der Waals surface area contributed by atoms with Crippen molar-refractivity contribution in [3.8, 4) is 0 Å². The van der Waals surface area contributed by atoms with Gasteiger partial charge in [0, 0.05) is 18.5 Å². The standard InChI is InChI=1S/C16H19F2N3/c1-3-4-19-15(16-20-9-11(2)10-21-16)7-12-5-13(17)8-14(18)6-12/h5-6,8-10,15,19H,3-4,7H2,1-2H3. The van der Waals surface area contributed by atoms with E-state index in [1.54, 1.807) is 12.4 Å². The van der Waals surface area contributed by atoms with Crippen molar-refractivity contribution in [2.75, 3.05) is 6.54 Å². The van der Waals surface area contributed by atoms with Crippen molar-refractivity contribution in [3.05, 3.63) is 59.2 Å². The zero-order valence-corrected chi connectivity index (χ0v) is 12.2. The predicted molar refractivity (Wildman–Crippen MR) is 77.9 cm³/mol. The second-order valence-electron chi connectivity index (χ2n) is 5.11. The largest absolute Gasteiger partial charge is 0.307 e. The minimum atomic E-state index is -0.566. The Labute approximate surface area is 123 Å². The van der Waals surface area contributed by atoms with Crippen LogP contribution in [0.5, 0.6) is 0 Å². The molecule has 0 saturated heterocycles. The molecule has 21 heavy (non-hydrogen) atoms. The lowest BCUT2D eigenvalue weighted by Crippen LogP contribution is -2.26. The topological polar surface area (TPSA) is 37.8 Å². The quantitative estimate of drug-likeness (QED) is 0.887. The minimum absolute atomic E-state index is 0.160. The van der Waals surface area contributed by atoms with Crippen LogP contribution in [0.1, 0.15) is 36.3 Å². The number of nitrogens with one attached hydrogen (secondary N) is 1. The summed E-state index contributed by atoms with van der Waals surface area (Å²) in [7, 11) is 0. The van der Waals surface area contributed by atoms with Gasteiger partial charge in [-0.25, -0.2) is 18.7 Å². The zero-order chi connectivity index (χ0) is 15.2. The van der Waals surface area contributed by atoms with E-state index in [1.807, 2.05) is 6.92 Å².